The number of aliphatic carboxylic acids is 1. The van der Waals surface area contributed by atoms with Crippen molar-refractivity contribution in [3.8, 4) is 0 Å². The quantitative estimate of drug-likeness (QED) is 0.778. The number of urea groups is 1. The molecule has 1 aliphatic carbocycles. The second-order valence-electron chi connectivity index (χ2n) is 5.72. The molecular formula is C13H22N2O4. The summed E-state index contributed by atoms with van der Waals surface area (Å²) in [5.74, 6) is -0.308. The van der Waals surface area contributed by atoms with Crippen molar-refractivity contribution < 1.29 is 19.4 Å². The third-order valence-electron chi connectivity index (χ3n) is 4.09. The Hall–Kier alpha value is -1.30. The predicted octanol–water partition coefficient (Wildman–Crippen LogP) is 0.918. The number of ether oxygens (including phenoxy) is 1. The van der Waals surface area contributed by atoms with E-state index in [1.807, 2.05) is 6.92 Å². The molecule has 0 aromatic heterocycles. The fourth-order valence-corrected chi connectivity index (χ4v) is 2.29. The van der Waals surface area contributed by atoms with Crippen molar-refractivity contribution in [2.24, 2.45) is 11.3 Å². The molecular weight excluding hydrogens is 248 g/mol. The summed E-state index contributed by atoms with van der Waals surface area (Å²) in [6.07, 6.45) is 2.37. The molecule has 2 rings (SSSR count). The Morgan fingerprint density at radius 3 is 2.68 bits per heavy atom. The van der Waals surface area contributed by atoms with E-state index in [0.29, 0.717) is 12.5 Å². The highest BCUT2D eigenvalue weighted by Crippen LogP contribution is 2.31. The summed E-state index contributed by atoms with van der Waals surface area (Å²) in [7, 11) is 0. The number of rotatable bonds is 5. The standard InChI is InChI=1S/C13H22N2O4/c1-3-15(6-9-4-5-9)12(18)14-10-7-19-8-13(10,2)11(16)17/h9-10H,3-8H2,1-2H3,(H,14,18)(H,16,17). The highest BCUT2D eigenvalue weighted by atomic mass is 16.5. The summed E-state index contributed by atoms with van der Waals surface area (Å²) in [6.45, 7) is 5.35. The van der Waals surface area contributed by atoms with Crippen LogP contribution in [0.25, 0.3) is 0 Å². The Morgan fingerprint density at radius 2 is 2.16 bits per heavy atom. The van der Waals surface area contributed by atoms with Crippen LogP contribution in [-0.2, 0) is 9.53 Å². The zero-order valence-electron chi connectivity index (χ0n) is 11.5. The molecule has 1 aliphatic heterocycles. The van der Waals surface area contributed by atoms with Gasteiger partial charge in [0.2, 0.25) is 0 Å². The van der Waals surface area contributed by atoms with Crippen molar-refractivity contribution >= 4 is 12.0 Å². The lowest BCUT2D eigenvalue weighted by Gasteiger charge is -2.29. The summed E-state index contributed by atoms with van der Waals surface area (Å²) >= 11 is 0. The lowest BCUT2D eigenvalue weighted by atomic mass is 9.85. The zero-order valence-corrected chi connectivity index (χ0v) is 11.5. The van der Waals surface area contributed by atoms with Crippen LogP contribution in [0.15, 0.2) is 0 Å². The molecule has 2 unspecified atom stereocenters. The van der Waals surface area contributed by atoms with Crippen LogP contribution in [0.1, 0.15) is 26.7 Å². The Morgan fingerprint density at radius 1 is 1.47 bits per heavy atom. The first-order valence-electron chi connectivity index (χ1n) is 6.84. The number of nitrogens with one attached hydrogen (secondary N) is 1. The maximum atomic E-state index is 12.2. The van der Waals surface area contributed by atoms with Crippen molar-refractivity contribution in [1.82, 2.24) is 10.2 Å². The fraction of sp³-hybridized carbons (Fsp3) is 0.846. The molecule has 6 nitrogen and oxygen atoms in total. The van der Waals surface area contributed by atoms with Crippen molar-refractivity contribution in [3.05, 3.63) is 0 Å². The maximum absolute atomic E-state index is 12.2. The number of amides is 2. The van der Waals surface area contributed by atoms with Gasteiger partial charge in [-0.1, -0.05) is 0 Å². The molecule has 2 aliphatic rings. The second-order valence-corrected chi connectivity index (χ2v) is 5.72. The molecule has 0 aromatic rings. The van der Waals surface area contributed by atoms with Gasteiger partial charge in [-0.05, 0) is 32.6 Å². The van der Waals surface area contributed by atoms with E-state index in [1.54, 1.807) is 11.8 Å². The number of nitrogens with zero attached hydrogens (tertiary/aromatic N) is 1. The fourth-order valence-electron chi connectivity index (χ4n) is 2.29. The third kappa shape index (κ3) is 3.00. The number of hydrogen-bond acceptors (Lipinski definition) is 3. The molecule has 2 N–H and O–H groups in total. The molecule has 0 radical (unpaired) electrons. The smallest absolute Gasteiger partial charge is 0.317 e. The average molecular weight is 270 g/mol. The van der Waals surface area contributed by atoms with Gasteiger partial charge in [0, 0.05) is 13.1 Å². The number of carbonyl (C=O) groups is 2. The van der Waals surface area contributed by atoms with Crippen LogP contribution in [0, 0.1) is 11.3 Å². The van der Waals surface area contributed by atoms with E-state index >= 15 is 0 Å². The van der Waals surface area contributed by atoms with Crippen LogP contribution in [0.3, 0.4) is 0 Å². The van der Waals surface area contributed by atoms with Crippen LogP contribution in [0.5, 0.6) is 0 Å². The average Bonchev–Trinajstić information content (AvgIpc) is 3.11. The highest BCUT2D eigenvalue weighted by Gasteiger charge is 2.47. The molecule has 0 bridgehead atoms. The summed E-state index contributed by atoms with van der Waals surface area (Å²) in [5.41, 5.74) is -1.03. The van der Waals surface area contributed by atoms with Gasteiger partial charge in [0.05, 0.1) is 19.3 Å². The minimum Gasteiger partial charge on any atom is -0.481 e. The number of hydrogen-bond donors (Lipinski definition) is 2. The first-order valence-corrected chi connectivity index (χ1v) is 6.84. The topological polar surface area (TPSA) is 78.9 Å². The van der Waals surface area contributed by atoms with Gasteiger partial charge in [-0.15, -0.1) is 0 Å². The molecule has 6 heteroatoms. The van der Waals surface area contributed by atoms with E-state index in [-0.39, 0.29) is 19.2 Å². The molecule has 2 atom stereocenters. The Kier molecular flexibility index (Phi) is 3.99. The van der Waals surface area contributed by atoms with Crippen molar-refractivity contribution in [2.75, 3.05) is 26.3 Å². The van der Waals surface area contributed by atoms with Crippen LogP contribution >= 0.6 is 0 Å². The van der Waals surface area contributed by atoms with Gasteiger partial charge in [0.15, 0.2) is 0 Å². The van der Waals surface area contributed by atoms with E-state index in [2.05, 4.69) is 5.32 Å². The Bertz CT molecular complexity index is 370. The summed E-state index contributed by atoms with van der Waals surface area (Å²) < 4.78 is 5.23. The van der Waals surface area contributed by atoms with Gasteiger partial charge in [0.1, 0.15) is 5.41 Å². The van der Waals surface area contributed by atoms with E-state index in [0.717, 1.165) is 6.54 Å². The van der Waals surface area contributed by atoms with Crippen molar-refractivity contribution in [1.29, 1.82) is 0 Å². The third-order valence-corrected chi connectivity index (χ3v) is 4.09. The van der Waals surface area contributed by atoms with Crippen LogP contribution in [0.4, 0.5) is 4.79 Å². The van der Waals surface area contributed by atoms with Crippen molar-refractivity contribution in [3.63, 3.8) is 0 Å². The number of carboxylic acid groups (broad SMARTS) is 1. The number of carboxylic acids is 1. The Balaban J connectivity index is 1.94. The molecule has 1 saturated carbocycles. The summed E-state index contributed by atoms with van der Waals surface area (Å²) in [4.78, 5) is 25.2. The largest absolute Gasteiger partial charge is 0.481 e. The Labute approximate surface area is 113 Å². The summed E-state index contributed by atoms with van der Waals surface area (Å²) in [5, 5.41) is 12.1. The molecule has 0 spiro atoms. The minimum atomic E-state index is -1.03. The molecule has 2 fully saturated rings. The van der Waals surface area contributed by atoms with Gasteiger partial charge in [-0.25, -0.2) is 4.79 Å². The van der Waals surface area contributed by atoms with Gasteiger partial charge < -0.3 is 20.1 Å². The van der Waals surface area contributed by atoms with E-state index in [4.69, 9.17) is 4.74 Å². The normalized spacial score (nSPS) is 30.1. The van der Waals surface area contributed by atoms with Crippen LogP contribution in [-0.4, -0.2) is 54.4 Å². The SMILES string of the molecule is CCN(CC1CC1)C(=O)NC1COCC1(C)C(=O)O. The van der Waals surface area contributed by atoms with Crippen LogP contribution in [0.2, 0.25) is 0 Å². The molecule has 19 heavy (non-hydrogen) atoms. The molecule has 2 amide bonds. The van der Waals surface area contributed by atoms with Crippen LogP contribution < -0.4 is 5.32 Å². The van der Waals surface area contributed by atoms with E-state index < -0.39 is 17.4 Å². The van der Waals surface area contributed by atoms with Gasteiger partial charge in [-0.3, -0.25) is 4.79 Å². The molecule has 0 aromatic carbocycles. The zero-order chi connectivity index (χ0) is 14.0. The monoisotopic (exact) mass is 270 g/mol. The molecule has 1 saturated heterocycles. The lowest BCUT2D eigenvalue weighted by molar-refractivity contribution is -0.148. The first kappa shape index (κ1) is 14.1. The predicted molar refractivity (Wildman–Crippen MR) is 68.9 cm³/mol. The first-order chi connectivity index (χ1) is 8.97. The van der Waals surface area contributed by atoms with Gasteiger partial charge >= 0.3 is 12.0 Å². The van der Waals surface area contributed by atoms with Gasteiger partial charge in [0.25, 0.3) is 0 Å². The lowest BCUT2D eigenvalue weighted by Crippen LogP contribution is -2.53. The number of carbonyl (C=O) groups excluding carboxylic acids is 1. The van der Waals surface area contributed by atoms with Gasteiger partial charge in [-0.2, -0.15) is 0 Å². The van der Waals surface area contributed by atoms with Crippen molar-refractivity contribution in [2.45, 2.75) is 32.7 Å². The molecule has 108 valence electrons. The van der Waals surface area contributed by atoms with E-state index in [1.165, 1.54) is 12.8 Å². The molecule has 1 heterocycles. The maximum Gasteiger partial charge on any atom is 0.317 e. The van der Waals surface area contributed by atoms with E-state index in [9.17, 15) is 14.7 Å². The minimum absolute atomic E-state index is 0.141. The second kappa shape index (κ2) is 5.36. The highest BCUT2D eigenvalue weighted by molar-refractivity contribution is 5.79. The summed E-state index contributed by atoms with van der Waals surface area (Å²) in [6, 6.07) is -0.650.